The van der Waals surface area contributed by atoms with E-state index in [4.69, 9.17) is 9.16 Å². The van der Waals surface area contributed by atoms with Gasteiger partial charge in [-0.3, -0.25) is 9.59 Å². The van der Waals surface area contributed by atoms with Gasteiger partial charge in [-0.25, -0.2) is 4.31 Å². The summed E-state index contributed by atoms with van der Waals surface area (Å²) in [6.45, 7) is 14.0. The Morgan fingerprint density at radius 3 is 2.29 bits per heavy atom. The zero-order chi connectivity index (χ0) is 16.6. The molecular formula is C14H27NO4SSi. The molecule has 0 spiro atoms. The summed E-state index contributed by atoms with van der Waals surface area (Å²) in [6.07, 6.45) is 1.01. The lowest BCUT2D eigenvalue weighted by Crippen LogP contribution is -2.64. The first kappa shape index (κ1) is 18.5. The molecule has 1 fully saturated rings. The van der Waals surface area contributed by atoms with Gasteiger partial charge in [0.05, 0.1) is 6.10 Å². The molecule has 1 aliphatic rings. The van der Waals surface area contributed by atoms with E-state index in [1.54, 1.807) is 6.26 Å². The van der Waals surface area contributed by atoms with Crippen LogP contribution in [0.25, 0.3) is 0 Å². The van der Waals surface area contributed by atoms with Crippen molar-refractivity contribution in [2.45, 2.75) is 65.1 Å². The normalized spacial score (nSPS) is 24.6. The summed E-state index contributed by atoms with van der Waals surface area (Å²) < 4.78 is 13.0. The second-order valence-corrected chi connectivity index (χ2v) is 12.5. The van der Waals surface area contributed by atoms with E-state index in [1.807, 2.05) is 6.92 Å². The number of β-lactam (4-membered cyclic amide) rings is 1. The van der Waals surface area contributed by atoms with Gasteiger partial charge in [0.25, 0.3) is 0 Å². The lowest BCUT2D eigenvalue weighted by atomic mass is 9.93. The van der Waals surface area contributed by atoms with Crippen LogP contribution in [0, 0.1) is 5.92 Å². The number of hydrogen-bond acceptors (Lipinski definition) is 5. The van der Waals surface area contributed by atoms with Crippen molar-refractivity contribution in [3.05, 3.63) is 0 Å². The number of rotatable bonds is 5. The summed E-state index contributed by atoms with van der Waals surface area (Å²) in [5.74, 6) is -0.813. The van der Waals surface area contributed by atoms with E-state index in [1.165, 1.54) is 23.2 Å². The third-order valence-electron chi connectivity index (χ3n) is 4.32. The molecular weight excluding hydrogens is 306 g/mol. The SMILES string of the molecule is CSN1C(=O)[C@H]([C@@H](C)O[Si](C)(C)C(C)(C)C)[C@H]1OC(C)=O. The molecule has 0 unspecified atom stereocenters. The molecule has 0 bridgehead atoms. The lowest BCUT2D eigenvalue weighted by molar-refractivity contribution is -0.189. The van der Waals surface area contributed by atoms with Gasteiger partial charge in [0.15, 0.2) is 8.32 Å². The Kier molecular flexibility index (Phi) is 5.55. The Morgan fingerprint density at radius 1 is 1.38 bits per heavy atom. The van der Waals surface area contributed by atoms with Crippen LogP contribution in [0.3, 0.4) is 0 Å². The molecule has 7 heteroatoms. The molecule has 1 aliphatic heterocycles. The minimum atomic E-state index is -1.96. The maximum atomic E-state index is 12.2. The molecule has 1 rings (SSSR count). The van der Waals surface area contributed by atoms with Crippen LogP contribution in [0.1, 0.15) is 34.6 Å². The Balaban J connectivity index is 2.83. The number of nitrogens with zero attached hydrogens (tertiary/aromatic N) is 1. The van der Waals surface area contributed by atoms with Crippen LogP contribution in [-0.2, 0) is 18.8 Å². The number of carbonyl (C=O) groups excluding carboxylic acids is 2. The maximum Gasteiger partial charge on any atom is 0.304 e. The van der Waals surface area contributed by atoms with E-state index in [2.05, 4.69) is 33.9 Å². The van der Waals surface area contributed by atoms with Crippen LogP contribution in [0.15, 0.2) is 0 Å². The zero-order valence-electron chi connectivity index (χ0n) is 14.2. The van der Waals surface area contributed by atoms with Gasteiger partial charge in [-0.1, -0.05) is 20.8 Å². The van der Waals surface area contributed by atoms with E-state index < -0.39 is 20.5 Å². The van der Waals surface area contributed by atoms with Gasteiger partial charge in [0, 0.05) is 13.2 Å². The molecule has 0 aromatic heterocycles. The van der Waals surface area contributed by atoms with Crippen LogP contribution in [-0.4, -0.2) is 43.1 Å². The Labute approximate surface area is 133 Å². The smallest absolute Gasteiger partial charge is 0.304 e. The van der Waals surface area contributed by atoms with E-state index in [-0.39, 0.29) is 23.0 Å². The molecule has 0 N–H and O–H groups in total. The average Bonchev–Trinajstić information content (AvgIpc) is 2.25. The quantitative estimate of drug-likeness (QED) is 0.335. The van der Waals surface area contributed by atoms with Gasteiger partial charge in [-0.05, 0) is 37.0 Å². The van der Waals surface area contributed by atoms with Gasteiger partial charge in [-0.15, -0.1) is 0 Å². The number of ether oxygens (including phenoxy) is 1. The van der Waals surface area contributed by atoms with E-state index >= 15 is 0 Å². The number of amides is 1. The molecule has 5 nitrogen and oxygen atoms in total. The summed E-state index contributed by atoms with van der Waals surface area (Å²) in [7, 11) is -1.96. The highest BCUT2D eigenvalue weighted by Crippen LogP contribution is 2.41. The minimum Gasteiger partial charge on any atom is -0.440 e. The average molecular weight is 334 g/mol. The number of carbonyl (C=O) groups is 2. The zero-order valence-corrected chi connectivity index (χ0v) is 16.0. The van der Waals surface area contributed by atoms with Crippen LogP contribution >= 0.6 is 11.9 Å². The first-order valence-corrected chi connectivity index (χ1v) is 11.2. The number of hydrogen-bond donors (Lipinski definition) is 0. The molecule has 3 atom stereocenters. The van der Waals surface area contributed by atoms with Crippen molar-refractivity contribution in [3.8, 4) is 0 Å². The van der Waals surface area contributed by atoms with Gasteiger partial charge in [0.1, 0.15) is 5.92 Å². The lowest BCUT2D eigenvalue weighted by Gasteiger charge is -2.48. The third-order valence-corrected chi connectivity index (χ3v) is 9.67. The summed E-state index contributed by atoms with van der Waals surface area (Å²) in [6, 6.07) is 0. The molecule has 0 aliphatic carbocycles. The second kappa shape index (κ2) is 6.30. The van der Waals surface area contributed by atoms with E-state index in [9.17, 15) is 9.59 Å². The molecule has 1 heterocycles. The second-order valence-electron chi connectivity index (χ2n) is 6.96. The predicted molar refractivity (Wildman–Crippen MR) is 87.1 cm³/mol. The van der Waals surface area contributed by atoms with Gasteiger partial charge in [0.2, 0.25) is 12.1 Å². The fraction of sp³-hybridized carbons (Fsp3) is 0.857. The van der Waals surface area contributed by atoms with Crippen molar-refractivity contribution in [2.24, 2.45) is 5.92 Å². The first-order valence-electron chi connectivity index (χ1n) is 7.14. The van der Waals surface area contributed by atoms with Gasteiger partial charge < -0.3 is 9.16 Å². The van der Waals surface area contributed by atoms with E-state index in [0.717, 1.165) is 0 Å². The molecule has 0 aromatic rings. The minimum absolute atomic E-state index is 0.0278. The highest BCUT2D eigenvalue weighted by Gasteiger charge is 2.54. The molecule has 0 saturated carbocycles. The molecule has 1 amide bonds. The maximum absolute atomic E-state index is 12.2. The van der Waals surface area contributed by atoms with Crippen LogP contribution in [0.5, 0.6) is 0 Å². The van der Waals surface area contributed by atoms with Crippen molar-refractivity contribution in [3.63, 3.8) is 0 Å². The van der Waals surface area contributed by atoms with Gasteiger partial charge >= 0.3 is 5.97 Å². The van der Waals surface area contributed by atoms with Crippen molar-refractivity contribution >= 4 is 32.1 Å². The highest BCUT2D eigenvalue weighted by molar-refractivity contribution is 7.96. The summed E-state index contributed by atoms with van der Waals surface area (Å²) in [5, 5.41) is 0.0736. The molecule has 0 aromatic carbocycles. The van der Waals surface area contributed by atoms with Crippen molar-refractivity contribution in [1.29, 1.82) is 0 Å². The summed E-state index contributed by atoms with van der Waals surface area (Å²) in [5.41, 5.74) is 0. The Hall–Kier alpha value is -0.533. The van der Waals surface area contributed by atoms with Gasteiger partial charge in [-0.2, -0.15) is 0 Å². The van der Waals surface area contributed by atoms with Crippen LogP contribution in [0.2, 0.25) is 18.1 Å². The van der Waals surface area contributed by atoms with Crippen molar-refractivity contribution in [2.75, 3.05) is 6.26 Å². The molecule has 0 radical (unpaired) electrons. The topological polar surface area (TPSA) is 55.8 Å². The number of esters is 1. The summed E-state index contributed by atoms with van der Waals surface area (Å²) in [4.78, 5) is 23.4. The Morgan fingerprint density at radius 2 is 1.90 bits per heavy atom. The predicted octanol–water partition coefficient (Wildman–Crippen LogP) is 3.02. The standard InChI is InChI=1S/C14H27NO4SSi/c1-9(19-21(7,8)14(3,4)5)11-12(17)15(20-6)13(11)18-10(2)16/h9,11,13H,1-8H3/t9-,11+,13-/m1/s1. The fourth-order valence-electron chi connectivity index (χ4n) is 2.09. The fourth-order valence-corrected chi connectivity index (χ4v) is 4.20. The van der Waals surface area contributed by atoms with Crippen LogP contribution < -0.4 is 0 Å². The molecule has 1 saturated heterocycles. The largest absolute Gasteiger partial charge is 0.440 e. The van der Waals surface area contributed by atoms with Crippen LogP contribution in [0.4, 0.5) is 0 Å². The molecule has 122 valence electrons. The highest BCUT2D eigenvalue weighted by atomic mass is 32.2. The monoisotopic (exact) mass is 333 g/mol. The molecule has 21 heavy (non-hydrogen) atoms. The summed E-state index contributed by atoms with van der Waals surface area (Å²) >= 11 is 1.28. The third kappa shape index (κ3) is 3.81. The van der Waals surface area contributed by atoms with E-state index in [0.29, 0.717) is 0 Å². The van der Waals surface area contributed by atoms with Crippen molar-refractivity contribution in [1.82, 2.24) is 4.31 Å². The Bertz CT molecular complexity index is 422. The first-order chi connectivity index (χ1) is 9.42. The van der Waals surface area contributed by atoms with Crippen molar-refractivity contribution < 1.29 is 18.8 Å².